The van der Waals surface area contributed by atoms with Gasteiger partial charge in [-0.05, 0) is 32.0 Å². The summed E-state index contributed by atoms with van der Waals surface area (Å²) in [4.78, 5) is 11.8. The summed E-state index contributed by atoms with van der Waals surface area (Å²) in [7, 11) is -1.47. The van der Waals surface area contributed by atoms with Gasteiger partial charge < -0.3 is 4.74 Å². The van der Waals surface area contributed by atoms with E-state index in [9.17, 15) is 9.00 Å². The summed E-state index contributed by atoms with van der Waals surface area (Å²) in [5.74, 6) is -0.680. The minimum atomic E-state index is -1.47. The van der Waals surface area contributed by atoms with Crippen molar-refractivity contribution in [3.05, 3.63) is 28.2 Å². The van der Waals surface area contributed by atoms with Crippen molar-refractivity contribution in [1.29, 1.82) is 0 Å². The molecule has 0 aliphatic rings. The number of benzene rings is 1. The fourth-order valence-corrected chi connectivity index (χ4v) is 2.39. The molecule has 94 valence electrons. The number of esters is 1. The second-order valence-corrected chi connectivity index (χ2v) is 5.87. The first-order chi connectivity index (χ1) is 7.90. The number of carbonyl (C=O) groups is 1. The van der Waals surface area contributed by atoms with Crippen LogP contribution in [0.15, 0.2) is 23.1 Å². The van der Waals surface area contributed by atoms with Gasteiger partial charge in [-0.2, -0.15) is 0 Å². The molecule has 0 heterocycles. The molecule has 0 amide bonds. The lowest BCUT2D eigenvalue weighted by Crippen LogP contribution is -2.18. The van der Waals surface area contributed by atoms with Crippen molar-refractivity contribution in [2.75, 3.05) is 5.75 Å². The molecule has 0 radical (unpaired) electrons. The molecule has 3 nitrogen and oxygen atoms in total. The summed E-state index contributed by atoms with van der Waals surface area (Å²) in [5.41, 5.74) is 0. The molecule has 1 aromatic rings. The highest BCUT2D eigenvalue weighted by Crippen LogP contribution is 2.24. The van der Waals surface area contributed by atoms with Crippen LogP contribution in [-0.2, 0) is 20.3 Å². The summed E-state index contributed by atoms with van der Waals surface area (Å²) in [6.45, 7) is 3.47. The van der Waals surface area contributed by atoms with Gasteiger partial charge in [0.25, 0.3) is 0 Å². The molecule has 0 N–H and O–H groups in total. The summed E-state index contributed by atoms with van der Waals surface area (Å²) in [5, 5.41) is 0.701. The Balaban J connectivity index is 2.70. The molecule has 0 aromatic heterocycles. The minimum Gasteiger partial charge on any atom is -0.462 e. The van der Waals surface area contributed by atoms with E-state index >= 15 is 0 Å². The number of ether oxygens (including phenoxy) is 1. The highest BCUT2D eigenvalue weighted by atomic mass is 35.5. The van der Waals surface area contributed by atoms with E-state index < -0.39 is 16.8 Å². The second kappa shape index (κ2) is 6.38. The molecule has 1 aromatic carbocycles. The molecule has 1 rings (SSSR count). The highest BCUT2D eigenvalue weighted by molar-refractivity contribution is 7.85. The first-order valence-electron chi connectivity index (χ1n) is 4.93. The van der Waals surface area contributed by atoms with Gasteiger partial charge in [0.05, 0.1) is 26.9 Å². The second-order valence-electron chi connectivity index (χ2n) is 3.60. The molecule has 0 aliphatic carbocycles. The Morgan fingerprint density at radius 3 is 2.53 bits per heavy atom. The third-order valence-corrected chi connectivity index (χ3v) is 3.79. The van der Waals surface area contributed by atoms with Crippen LogP contribution in [0, 0.1) is 0 Å². The number of hydrogen-bond donors (Lipinski definition) is 0. The number of rotatable bonds is 4. The Hall–Kier alpha value is -0.580. The summed E-state index contributed by atoms with van der Waals surface area (Å²) in [6, 6.07) is 4.61. The van der Waals surface area contributed by atoms with E-state index in [0.29, 0.717) is 14.9 Å². The molecule has 17 heavy (non-hydrogen) atoms. The smallest absolute Gasteiger partial charge is 0.319 e. The molecule has 6 heteroatoms. The average molecular weight is 295 g/mol. The van der Waals surface area contributed by atoms with Gasteiger partial charge in [-0.1, -0.05) is 23.2 Å². The molecular formula is C11H12Cl2O3S. The zero-order chi connectivity index (χ0) is 13.0. The summed E-state index contributed by atoms with van der Waals surface area (Å²) >= 11 is 11.5. The molecule has 0 fully saturated rings. The topological polar surface area (TPSA) is 43.4 Å². The Bertz CT molecular complexity index is 446. The molecule has 0 saturated heterocycles. The van der Waals surface area contributed by atoms with Gasteiger partial charge in [0.15, 0.2) is 0 Å². The van der Waals surface area contributed by atoms with Crippen molar-refractivity contribution in [2.24, 2.45) is 0 Å². The van der Waals surface area contributed by atoms with Crippen molar-refractivity contribution >= 4 is 40.0 Å². The van der Waals surface area contributed by atoms with E-state index in [0.717, 1.165) is 0 Å². The van der Waals surface area contributed by atoms with Crippen molar-refractivity contribution in [1.82, 2.24) is 0 Å². The number of halogens is 2. The van der Waals surface area contributed by atoms with E-state index in [1.54, 1.807) is 26.0 Å². The third-order valence-electron chi connectivity index (χ3n) is 1.77. The molecule has 0 aliphatic heterocycles. The van der Waals surface area contributed by atoms with Crippen LogP contribution in [0.25, 0.3) is 0 Å². The van der Waals surface area contributed by atoms with Crippen LogP contribution in [0.4, 0.5) is 0 Å². The molecule has 1 unspecified atom stereocenters. The fraction of sp³-hybridized carbons (Fsp3) is 0.364. The van der Waals surface area contributed by atoms with Gasteiger partial charge >= 0.3 is 5.97 Å². The molecule has 0 saturated carbocycles. The minimum absolute atomic E-state index is 0.184. The van der Waals surface area contributed by atoms with Gasteiger partial charge in [-0.15, -0.1) is 0 Å². The van der Waals surface area contributed by atoms with E-state index in [2.05, 4.69) is 0 Å². The maximum Gasteiger partial charge on any atom is 0.319 e. The normalized spacial score (nSPS) is 12.5. The SMILES string of the molecule is CC(C)OC(=O)CS(=O)c1ccc(Cl)c(Cl)c1. The van der Waals surface area contributed by atoms with Crippen LogP contribution < -0.4 is 0 Å². The van der Waals surface area contributed by atoms with Crippen molar-refractivity contribution in [2.45, 2.75) is 24.8 Å². The Morgan fingerprint density at radius 1 is 1.35 bits per heavy atom. The Kier molecular flexibility index (Phi) is 5.43. The largest absolute Gasteiger partial charge is 0.462 e. The van der Waals surface area contributed by atoms with Crippen LogP contribution >= 0.6 is 23.2 Å². The van der Waals surface area contributed by atoms with Crippen molar-refractivity contribution in [3.8, 4) is 0 Å². The first-order valence-corrected chi connectivity index (χ1v) is 7.00. The average Bonchev–Trinajstić information content (AvgIpc) is 2.20. The van der Waals surface area contributed by atoms with Crippen LogP contribution in [0.5, 0.6) is 0 Å². The van der Waals surface area contributed by atoms with Crippen molar-refractivity contribution in [3.63, 3.8) is 0 Å². The van der Waals surface area contributed by atoms with Crippen LogP contribution in [0.1, 0.15) is 13.8 Å². The number of carbonyl (C=O) groups excluding carboxylic acids is 1. The Labute approximate surface area is 113 Å². The van der Waals surface area contributed by atoms with Crippen LogP contribution in [0.3, 0.4) is 0 Å². The zero-order valence-electron chi connectivity index (χ0n) is 9.41. The van der Waals surface area contributed by atoms with Gasteiger partial charge in [0, 0.05) is 4.90 Å². The van der Waals surface area contributed by atoms with E-state index in [-0.39, 0.29) is 11.9 Å². The fourth-order valence-electron chi connectivity index (χ4n) is 1.11. The van der Waals surface area contributed by atoms with Gasteiger partial charge in [0.2, 0.25) is 0 Å². The maximum atomic E-state index is 11.8. The van der Waals surface area contributed by atoms with Gasteiger partial charge in [-0.3, -0.25) is 9.00 Å². The van der Waals surface area contributed by atoms with Gasteiger partial charge in [0.1, 0.15) is 5.75 Å². The first kappa shape index (κ1) is 14.5. The van der Waals surface area contributed by atoms with Gasteiger partial charge in [-0.25, -0.2) is 0 Å². The quantitative estimate of drug-likeness (QED) is 0.802. The molecule has 0 bridgehead atoms. The third kappa shape index (κ3) is 4.66. The maximum absolute atomic E-state index is 11.8. The highest BCUT2D eigenvalue weighted by Gasteiger charge is 2.13. The van der Waals surface area contributed by atoms with Crippen LogP contribution in [0.2, 0.25) is 10.0 Å². The lowest BCUT2D eigenvalue weighted by Gasteiger charge is -2.08. The van der Waals surface area contributed by atoms with E-state index in [4.69, 9.17) is 27.9 Å². The molecular weight excluding hydrogens is 283 g/mol. The predicted molar refractivity (Wildman–Crippen MR) is 69.0 cm³/mol. The number of hydrogen-bond acceptors (Lipinski definition) is 3. The zero-order valence-corrected chi connectivity index (χ0v) is 11.7. The van der Waals surface area contributed by atoms with E-state index in [1.165, 1.54) is 6.07 Å². The molecule has 1 atom stereocenters. The lowest BCUT2D eigenvalue weighted by molar-refractivity contribution is -0.144. The van der Waals surface area contributed by atoms with Crippen molar-refractivity contribution < 1.29 is 13.7 Å². The predicted octanol–water partition coefficient (Wildman–Crippen LogP) is 3.05. The molecule has 0 spiro atoms. The summed E-state index contributed by atoms with van der Waals surface area (Å²) < 4.78 is 16.7. The van der Waals surface area contributed by atoms with E-state index in [1.807, 2.05) is 0 Å². The summed E-state index contributed by atoms with van der Waals surface area (Å²) in [6.07, 6.45) is -0.215. The monoisotopic (exact) mass is 294 g/mol. The Morgan fingerprint density at radius 2 is 2.00 bits per heavy atom. The standard InChI is InChI=1S/C11H12Cl2O3S/c1-7(2)16-11(14)6-17(15)8-3-4-9(12)10(13)5-8/h3-5,7H,6H2,1-2H3. The lowest BCUT2D eigenvalue weighted by atomic mass is 10.4. The van der Waals surface area contributed by atoms with Crippen LogP contribution in [-0.4, -0.2) is 22.0 Å².